The number of esters is 2. The third-order valence-electron chi connectivity index (χ3n) is 3.71. The first-order chi connectivity index (χ1) is 8.63. The molecule has 96 valence electrons. The fraction of sp³-hybridized carbons (Fsp3) is 0.467. The van der Waals surface area contributed by atoms with Crippen LogP contribution in [0.3, 0.4) is 0 Å². The number of cyclic esters (lactones) is 2. The van der Waals surface area contributed by atoms with Crippen LogP contribution in [0.15, 0.2) is 30.3 Å². The average Bonchev–Trinajstić information content (AvgIpc) is 2.64. The topological polar surface area (TPSA) is 43.4 Å². The van der Waals surface area contributed by atoms with Crippen LogP contribution in [0.25, 0.3) is 0 Å². The Labute approximate surface area is 107 Å². The van der Waals surface area contributed by atoms with Gasteiger partial charge in [0.1, 0.15) is 0 Å². The van der Waals surface area contributed by atoms with Crippen molar-refractivity contribution in [1.82, 2.24) is 0 Å². The monoisotopic (exact) mass is 246 g/mol. The maximum atomic E-state index is 11.7. The quantitative estimate of drug-likeness (QED) is 0.606. The highest BCUT2D eigenvalue weighted by Gasteiger charge is 2.43. The second-order valence-electron chi connectivity index (χ2n) is 4.91. The second kappa shape index (κ2) is 5.34. The number of hydrogen-bond acceptors (Lipinski definition) is 3. The number of benzene rings is 1. The van der Waals surface area contributed by atoms with Gasteiger partial charge in [0.05, 0.1) is 11.8 Å². The Kier molecular flexibility index (Phi) is 3.80. The van der Waals surface area contributed by atoms with Crippen LogP contribution >= 0.6 is 0 Å². The summed E-state index contributed by atoms with van der Waals surface area (Å²) in [4.78, 5) is 23.2. The predicted octanol–water partition coefficient (Wildman–Crippen LogP) is 2.91. The minimum atomic E-state index is -0.354. The Morgan fingerprint density at radius 2 is 1.72 bits per heavy atom. The van der Waals surface area contributed by atoms with Gasteiger partial charge >= 0.3 is 11.9 Å². The molecule has 1 aliphatic heterocycles. The lowest BCUT2D eigenvalue weighted by atomic mass is 9.83. The predicted molar refractivity (Wildman–Crippen MR) is 67.8 cm³/mol. The molecule has 1 fully saturated rings. The first kappa shape index (κ1) is 12.8. The largest absolute Gasteiger partial charge is 0.393 e. The molecule has 1 heterocycles. The Morgan fingerprint density at radius 3 is 2.33 bits per heavy atom. The molecule has 0 radical (unpaired) electrons. The maximum absolute atomic E-state index is 11.7. The van der Waals surface area contributed by atoms with E-state index < -0.39 is 0 Å². The van der Waals surface area contributed by atoms with Gasteiger partial charge in [-0.05, 0) is 24.3 Å². The third kappa shape index (κ3) is 2.45. The molecule has 0 spiro atoms. The molecular weight excluding hydrogens is 228 g/mol. The SMILES string of the molecule is CCC1C(=O)OC(=O)C1CC(C)c1ccccc1. The van der Waals surface area contributed by atoms with Gasteiger partial charge in [0, 0.05) is 0 Å². The molecule has 0 bridgehead atoms. The summed E-state index contributed by atoms with van der Waals surface area (Å²) in [6.07, 6.45) is 1.34. The van der Waals surface area contributed by atoms with Crippen LogP contribution in [0.2, 0.25) is 0 Å². The molecule has 0 saturated carbocycles. The fourth-order valence-electron chi connectivity index (χ4n) is 2.59. The zero-order valence-electron chi connectivity index (χ0n) is 10.8. The molecule has 18 heavy (non-hydrogen) atoms. The van der Waals surface area contributed by atoms with E-state index in [0.717, 1.165) is 0 Å². The number of carbonyl (C=O) groups excluding carboxylic acids is 2. The highest BCUT2D eigenvalue weighted by molar-refractivity contribution is 5.96. The van der Waals surface area contributed by atoms with Crippen molar-refractivity contribution in [3.05, 3.63) is 35.9 Å². The van der Waals surface area contributed by atoms with Crippen LogP contribution in [0, 0.1) is 11.8 Å². The molecule has 3 heteroatoms. The number of ether oxygens (including phenoxy) is 1. The Morgan fingerprint density at radius 1 is 1.11 bits per heavy atom. The van der Waals surface area contributed by atoms with Crippen molar-refractivity contribution in [2.45, 2.75) is 32.6 Å². The Hall–Kier alpha value is -1.64. The summed E-state index contributed by atoms with van der Waals surface area (Å²) in [5.41, 5.74) is 1.19. The summed E-state index contributed by atoms with van der Waals surface area (Å²) in [5.74, 6) is -0.993. The molecule has 3 unspecified atom stereocenters. The maximum Gasteiger partial charge on any atom is 0.317 e. The summed E-state index contributed by atoms with van der Waals surface area (Å²) in [6, 6.07) is 10.0. The van der Waals surface area contributed by atoms with Crippen LogP contribution in [0.4, 0.5) is 0 Å². The van der Waals surface area contributed by atoms with E-state index in [2.05, 4.69) is 6.92 Å². The lowest BCUT2D eigenvalue weighted by Crippen LogP contribution is -2.19. The molecule has 0 aromatic heterocycles. The van der Waals surface area contributed by atoms with Crippen molar-refractivity contribution in [2.24, 2.45) is 11.8 Å². The van der Waals surface area contributed by atoms with Crippen LogP contribution < -0.4 is 0 Å². The number of rotatable bonds is 4. The number of carbonyl (C=O) groups is 2. The normalized spacial score (nSPS) is 25.0. The van der Waals surface area contributed by atoms with Gasteiger partial charge in [-0.3, -0.25) is 9.59 Å². The summed E-state index contributed by atoms with van der Waals surface area (Å²) in [5, 5.41) is 0. The molecule has 0 N–H and O–H groups in total. The van der Waals surface area contributed by atoms with Crippen molar-refractivity contribution < 1.29 is 14.3 Å². The van der Waals surface area contributed by atoms with Crippen molar-refractivity contribution in [2.75, 3.05) is 0 Å². The van der Waals surface area contributed by atoms with E-state index in [0.29, 0.717) is 12.8 Å². The van der Waals surface area contributed by atoms with E-state index in [1.807, 2.05) is 37.3 Å². The molecule has 2 rings (SSSR count). The van der Waals surface area contributed by atoms with Crippen molar-refractivity contribution in [3.8, 4) is 0 Å². The van der Waals surface area contributed by atoms with Crippen molar-refractivity contribution >= 4 is 11.9 Å². The van der Waals surface area contributed by atoms with Gasteiger partial charge < -0.3 is 4.74 Å². The third-order valence-corrected chi connectivity index (χ3v) is 3.71. The molecule has 3 atom stereocenters. The minimum Gasteiger partial charge on any atom is -0.393 e. The molecule has 1 aromatic rings. The van der Waals surface area contributed by atoms with Gasteiger partial charge in [0.25, 0.3) is 0 Å². The van der Waals surface area contributed by atoms with E-state index in [4.69, 9.17) is 4.74 Å². The summed E-state index contributed by atoms with van der Waals surface area (Å²) in [6.45, 7) is 4.00. The molecular formula is C15H18O3. The fourth-order valence-corrected chi connectivity index (χ4v) is 2.59. The van der Waals surface area contributed by atoms with E-state index in [1.165, 1.54) is 5.56 Å². The van der Waals surface area contributed by atoms with Gasteiger partial charge in [-0.25, -0.2) is 0 Å². The zero-order valence-corrected chi connectivity index (χ0v) is 10.8. The Balaban J connectivity index is 2.09. The van der Waals surface area contributed by atoms with Crippen molar-refractivity contribution in [3.63, 3.8) is 0 Å². The van der Waals surface area contributed by atoms with Crippen LogP contribution in [0.5, 0.6) is 0 Å². The number of hydrogen-bond donors (Lipinski definition) is 0. The van der Waals surface area contributed by atoms with Gasteiger partial charge in [-0.1, -0.05) is 44.2 Å². The van der Waals surface area contributed by atoms with E-state index >= 15 is 0 Å². The van der Waals surface area contributed by atoms with Gasteiger partial charge in [-0.15, -0.1) is 0 Å². The summed E-state index contributed by atoms with van der Waals surface area (Å²) in [7, 11) is 0. The highest BCUT2D eigenvalue weighted by atomic mass is 16.6. The smallest absolute Gasteiger partial charge is 0.317 e. The molecule has 0 aliphatic carbocycles. The molecule has 0 amide bonds. The Bertz CT molecular complexity index is 438. The lowest BCUT2D eigenvalue weighted by Gasteiger charge is -2.17. The van der Waals surface area contributed by atoms with Crippen LogP contribution in [0.1, 0.15) is 38.2 Å². The van der Waals surface area contributed by atoms with Gasteiger partial charge in [-0.2, -0.15) is 0 Å². The summed E-state index contributed by atoms with van der Waals surface area (Å²) >= 11 is 0. The standard InChI is InChI=1S/C15H18O3/c1-3-12-13(15(17)18-14(12)16)9-10(2)11-7-5-4-6-8-11/h4-8,10,12-13H,3,9H2,1-2H3. The van der Waals surface area contributed by atoms with Crippen LogP contribution in [-0.2, 0) is 14.3 Å². The van der Waals surface area contributed by atoms with Gasteiger partial charge in [0.2, 0.25) is 0 Å². The summed E-state index contributed by atoms with van der Waals surface area (Å²) < 4.78 is 4.74. The van der Waals surface area contributed by atoms with Crippen molar-refractivity contribution in [1.29, 1.82) is 0 Å². The van der Waals surface area contributed by atoms with E-state index in [9.17, 15) is 9.59 Å². The van der Waals surface area contributed by atoms with Gasteiger partial charge in [0.15, 0.2) is 0 Å². The first-order valence-electron chi connectivity index (χ1n) is 6.44. The highest BCUT2D eigenvalue weighted by Crippen LogP contribution is 2.34. The average molecular weight is 246 g/mol. The molecule has 3 nitrogen and oxygen atoms in total. The molecule has 1 saturated heterocycles. The van der Waals surface area contributed by atoms with E-state index in [-0.39, 0.29) is 29.7 Å². The second-order valence-corrected chi connectivity index (χ2v) is 4.91. The molecule has 1 aliphatic rings. The lowest BCUT2D eigenvalue weighted by molar-refractivity contribution is -0.153. The zero-order chi connectivity index (χ0) is 13.1. The molecule has 1 aromatic carbocycles. The minimum absolute atomic E-state index is 0.253. The first-order valence-corrected chi connectivity index (χ1v) is 6.44. The van der Waals surface area contributed by atoms with E-state index in [1.54, 1.807) is 0 Å². The van der Waals surface area contributed by atoms with Crippen LogP contribution in [-0.4, -0.2) is 11.9 Å².